The molecule has 0 aliphatic rings. The average molecular weight is 936 g/mol. The number of rotatable bonds is 27. The number of hydrogen-bond donors (Lipinski definition) is 0. The summed E-state index contributed by atoms with van der Waals surface area (Å²) < 4.78 is 183. The molecule has 0 fully saturated rings. The first-order valence-corrected chi connectivity index (χ1v) is 22.4. The van der Waals surface area contributed by atoms with Gasteiger partial charge in [-0.2, -0.15) is 6.07 Å². The first kappa shape index (κ1) is 54.8. The van der Waals surface area contributed by atoms with Crippen LogP contribution in [-0.2, 0) is 0 Å². The Morgan fingerprint density at radius 3 is 1.15 bits per heavy atom. The third kappa shape index (κ3) is 16.4. The fourth-order valence-corrected chi connectivity index (χ4v) is 7.76. The molecule has 65 heavy (non-hydrogen) atoms. The Kier molecular flexibility index (Phi) is 23.5. The maximum Gasteiger partial charge on any atom is 0.864 e. The number of quaternary nitrogens is 1. The summed E-state index contributed by atoms with van der Waals surface area (Å²) in [7, 11) is -2.33. The lowest BCUT2D eigenvalue weighted by atomic mass is 9.93. The van der Waals surface area contributed by atoms with Crippen molar-refractivity contribution in [2.24, 2.45) is 0 Å². The van der Waals surface area contributed by atoms with E-state index in [9.17, 15) is 43.9 Å². The van der Waals surface area contributed by atoms with Crippen molar-refractivity contribution < 1.29 is 71.1 Å². The highest BCUT2D eigenvalue weighted by Crippen LogP contribution is 2.42. The van der Waals surface area contributed by atoms with E-state index in [1.165, 1.54) is 57.8 Å². The van der Waals surface area contributed by atoms with Crippen LogP contribution in [0.4, 0.5) is 52.7 Å². The van der Waals surface area contributed by atoms with Crippen molar-refractivity contribution in [3.63, 3.8) is 0 Å². The molecule has 0 bridgehead atoms. The van der Waals surface area contributed by atoms with E-state index in [0.29, 0.717) is 62.8 Å². The van der Waals surface area contributed by atoms with Crippen molar-refractivity contribution in [2.75, 3.05) is 19.6 Å². The molecular weight excluding hydrogens is 877 g/mol. The highest BCUT2D eigenvalue weighted by Gasteiger charge is 2.42. The predicted octanol–water partition coefficient (Wildman–Crippen LogP) is 15.5. The molecule has 1 atom stereocenters. The van der Waals surface area contributed by atoms with Crippen molar-refractivity contribution in [2.45, 2.75) is 136 Å². The van der Waals surface area contributed by atoms with Crippen molar-refractivity contribution in [1.29, 1.82) is 0 Å². The van der Waals surface area contributed by atoms with Crippen LogP contribution in [0.2, 0.25) is 0 Å². The highest BCUT2D eigenvalue weighted by atomic mass is 19.2. The second-order valence-corrected chi connectivity index (χ2v) is 15.8. The molecule has 0 aromatic heterocycles. The van der Waals surface area contributed by atoms with Gasteiger partial charge < -0.3 is 18.4 Å². The smallest absolute Gasteiger partial charge is 0.489 e. The molecule has 0 aliphatic carbocycles. The largest absolute Gasteiger partial charge is 0.864 e. The molecule has 0 aliphatic heterocycles. The van der Waals surface area contributed by atoms with Crippen LogP contribution in [0, 0.1) is 75.9 Å². The topological polar surface area (TPSA) is 27.7 Å². The zero-order valence-corrected chi connectivity index (χ0v) is 37.3. The summed E-state index contributed by atoms with van der Waals surface area (Å²) in [4.78, 5) is 0. The van der Waals surface area contributed by atoms with Gasteiger partial charge in [-0.3, -0.25) is 8.78 Å². The monoisotopic (exact) mass is 935 g/mol. The standard InChI is InChI=1S/C42H56BF9NO3.C6H2F3/c1-5-9-10-11-12-13-14-15-16-17-18-19-20-21-22-23-36(53(6-2,7-3)8-4)38-37(28-35(48)41(51)42(38)52)56-43(54-29-24-31(44)39(49)32(45)25-29)55-30-26-33(46)40(50)34(47)27-30;7-4-2-1-3-5(8)6(4)9/h24-28,36H,5-23H2,1-4H3;2-3H/q+1;-1. The van der Waals surface area contributed by atoms with E-state index in [1.54, 1.807) is 0 Å². The summed E-state index contributed by atoms with van der Waals surface area (Å²) in [6, 6.07) is 4.93. The van der Waals surface area contributed by atoms with Gasteiger partial charge in [0, 0.05) is 48.4 Å². The number of unbranched alkanes of at least 4 members (excludes halogenated alkanes) is 14. The average Bonchev–Trinajstić information content (AvgIpc) is 3.27. The summed E-state index contributed by atoms with van der Waals surface area (Å²) in [5.74, 6) is -21.4. The lowest BCUT2D eigenvalue weighted by Gasteiger charge is -2.44. The van der Waals surface area contributed by atoms with Crippen LogP contribution < -0.4 is 14.0 Å². The first-order chi connectivity index (χ1) is 31.0. The molecular formula is C48H58BF12NO3. The van der Waals surface area contributed by atoms with E-state index in [-0.39, 0.29) is 10.0 Å². The molecule has 1 unspecified atom stereocenters. The van der Waals surface area contributed by atoms with Gasteiger partial charge in [-0.05, 0) is 27.2 Å². The van der Waals surface area contributed by atoms with Crippen molar-refractivity contribution in [1.82, 2.24) is 0 Å². The number of nitrogens with zero attached hydrogens (tertiary/aromatic N) is 1. The second kappa shape index (κ2) is 27.8. The van der Waals surface area contributed by atoms with Crippen LogP contribution in [0.1, 0.15) is 142 Å². The van der Waals surface area contributed by atoms with Gasteiger partial charge in [0.15, 0.2) is 52.4 Å². The lowest BCUT2D eigenvalue weighted by Crippen LogP contribution is -2.51. The molecule has 0 heterocycles. The van der Waals surface area contributed by atoms with E-state index in [4.69, 9.17) is 14.0 Å². The zero-order chi connectivity index (χ0) is 48.1. The minimum Gasteiger partial charge on any atom is -0.489 e. The summed E-state index contributed by atoms with van der Waals surface area (Å²) >= 11 is 0. The Labute approximate surface area is 375 Å². The maximum atomic E-state index is 16.1. The molecule has 4 nitrogen and oxygen atoms in total. The van der Waals surface area contributed by atoms with Gasteiger partial charge in [0.1, 0.15) is 23.3 Å². The van der Waals surface area contributed by atoms with Gasteiger partial charge in [-0.25, -0.2) is 43.9 Å². The van der Waals surface area contributed by atoms with Crippen molar-refractivity contribution >= 4 is 7.32 Å². The molecule has 4 aromatic carbocycles. The number of halogens is 12. The highest BCUT2D eigenvalue weighted by molar-refractivity contribution is 6.39. The van der Waals surface area contributed by atoms with E-state index >= 15 is 8.78 Å². The summed E-state index contributed by atoms with van der Waals surface area (Å²) in [5.41, 5.74) is -0.370. The molecule has 0 saturated heterocycles. The predicted molar refractivity (Wildman–Crippen MR) is 226 cm³/mol. The molecule has 0 amide bonds. The van der Waals surface area contributed by atoms with Crippen LogP contribution in [-0.4, -0.2) is 31.4 Å². The van der Waals surface area contributed by atoms with Gasteiger partial charge in [-0.15, -0.1) is 12.1 Å². The first-order valence-electron chi connectivity index (χ1n) is 22.4. The second-order valence-electron chi connectivity index (χ2n) is 15.8. The van der Waals surface area contributed by atoms with E-state index in [2.05, 4.69) is 13.0 Å². The summed E-state index contributed by atoms with van der Waals surface area (Å²) in [6.45, 7) is 9.26. The fourth-order valence-electron chi connectivity index (χ4n) is 7.76. The maximum absolute atomic E-state index is 16.1. The molecule has 4 rings (SSSR count). The minimum atomic E-state index is -2.33. The number of hydrogen-bond acceptors (Lipinski definition) is 3. The van der Waals surface area contributed by atoms with E-state index < -0.39 is 100 Å². The van der Waals surface area contributed by atoms with Crippen LogP contribution >= 0.6 is 0 Å². The molecule has 0 radical (unpaired) electrons. The fraction of sp³-hybridized carbons (Fsp3) is 0.500. The molecule has 0 N–H and O–H groups in total. The van der Waals surface area contributed by atoms with Gasteiger partial charge in [0.05, 0.1) is 31.0 Å². The molecule has 0 saturated carbocycles. The third-order valence-electron chi connectivity index (χ3n) is 11.6. The van der Waals surface area contributed by atoms with Crippen LogP contribution in [0.5, 0.6) is 17.2 Å². The van der Waals surface area contributed by atoms with Gasteiger partial charge in [0.2, 0.25) is 0 Å². The Hall–Kier alpha value is -4.54. The number of benzene rings is 4. The van der Waals surface area contributed by atoms with E-state index in [0.717, 1.165) is 44.2 Å². The van der Waals surface area contributed by atoms with Crippen LogP contribution in [0.15, 0.2) is 42.5 Å². The lowest BCUT2D eigenvalue weighted by molar-refractivity contribution is -0.953. The van der Waals surface area contributed by atoms with Crippen molar-refractivity contribution in [3.05, 3.63) is 124 Å². The Bertz CT molecular complexity index is 1940. The SMILES string of the molecule is CCCCCCCCCCCCCCCCCC(c1c(OB(Oc2cc(F)c(F)c(F)c2)Oc2cc(F)c(F)c(F)c2)cc(F)c(F)c1F)[N+](CC)(CC)CC.Fc1c[c-]cc(F)c1F. The van der Waals surface area contributed by atoms with Crippen LogP contribution in [0.3, 0.4) is 0 Å². The molecule has 17 heteroatoms. The summed E-state index contributed by atoms with van der Waals surface area (Å²) in [5, 5.41) is 0. The molecule has 360 valence electrons. The zero-order valence-electron chi connectivity index (χ0n) is 37.3. The van der Waals surface area contributed by atoms with Crippen LogP contribution in [0.25, 0.3) is 0 Å². The van der Waals surface area contributed by atoms with Crippen molar-refractivity contribution in [3.8, 4) is 17.2 Å². The Morgan fingerprint density at radius 1 is 0.431 bits per heavy atom. The van der Waals surface area contributed by atoms with Gasteiger partial charge >= 0.3 is 7.32 Å². The third-order valence-corrected chi connectivity index (χ3v) is 11.6. The molecule has 0 spiro atoms. The normalized spacial score (nSPS) is 11.9. The van der Waals surface area contributed by atoms with Gasteiger partial charge in [0.25, 0.3) is 0 Å². The quantitative estimate of drug-likeness (QED) is 0.0149. The Balaban J connectivity index is 0.00000111. The Morgan fingerprint density at radius 2 is 0.785 bits per heavy atom. The molecule has 4 aromatic rings. The summed E-state index contributed by atoms with van der Waals surface area (Å²) in [6.07, 6.45) is 17.4. The van der Waals surface area contributed by atoms with Gasteiger partial charge in [-0.1, -0.05) is 96.8 Å². The minimum absolute atomic E-state index is 0.228. The van der Waals surface area contributed by atoms with E-state index in [1.807, 2.05) is 20.8 Å².